The summed E-state index contributed by atoms with van der Waals surface area (Å²) in [7, 11) is 0. The number of carbonyl (C=O) groups is 1. The molecule has 5 atom stereocenters. The van der Waals surface area contributed by atoms with Gasteiger partial charge in [-0.05, 0) is 13.3 Å². The number of rotatable bonds is 1. The first-order chi connectivity index (χ1) is 7.13. The lowest BCUT2D eigenvalue weighted by Crippen LogP contribution is -2.51. The molecule has 0 radical (unpaired) electrons. The molecule has 2 heterocycles. The van der Waals surface area contributed by atoms with Crippen molar-refractivity contribution in [1.82, 2.24) is 0 Å². The Morgan fingerprint density at radius 1 is 1.53 bits per heavy atom. The number of ketones is 1. The van der Waals surface area contributed by atoms with Gasteiger partial charge >= 0.3 is 0 Å². The molecule has 2 rings (SSSR count). The molecule has 0 saturated carbocycles. The zero-order chi connectivity index (χ0) is 11.0. The number of hydrogen-bond acceptors (Lipinski definition) is 3. The highest BCUT2D eigenvalue weighted by Gasteiger charge is 2.43. The van der Waals surface area contributed by atoms with Crippen LogP contribution >= 0.6 is 0 Å². The normalized spacial score (nSPS) is 45.3. The second-order valence-electron chi connectivity index (χ2n) is 4.73. The maximum Gasteiger partial charge on any atom is 0.141 e. The van der Waals surface area contributed by atoms with Crippen LogP contribution in [0.3, 0.4) is 0 Å². The lowest BCUT2D eigenvalue weighted by atomic mass is 9.77. The fourth-order valence-electron chi connectivity index (χ4n) is 2.59. The summed E-state index contributed by atoms with van der Waals surface area (Å²) in [4.78, 5) is 16.4. The van der Waals surface area contributed by atoms with Gasteiger partial charge in [-0.25, -0.2) is 0 Å². The van der Waals surface area contributed by atoms with E-state index >= 15 is 0 Å². The van der Waals surface area contributed by atoms with E-state index in [1.807, 2.05) is 13.1 Å². The molecule has 0 aliphatic carbocycles. The molecule has 1 fully saturated rings. The van der Waals surface area contributed by atoms with Crippen molar-refractivity contribution in [3.63, 3.8) is 0 Å². The average Bonchev–Trinajstić information content (AvgIpc) is 2.23. The Balaban J connectivity index is 2.21. The van der Waals surface area contributed by atoms with E-state index in [1.165, 1.54) is 0 Å². The summed E-state index contributed by atoms with van der Waals surface area (Å²) in [5.41, 5.74) is 0. The molecule has 3 nitrogen and oxygen atoms in total. The van der Waals surface area contributed by atoms with Crippen LogP contribution in [0.25, 0.3) is 0 Å². The van der Waals surface area contributed by atoms with E-state index in [0.717, 1.165) is 6.42 Å². The zero-order valence-corrected chi connectivity index (χ0v) is 9.64. The maximum atomic E-state index is 12.0. The van der Waals surface area contributed by atoms with Gasteiger partial charge in [-0.15, -0.1) is 0 Å². The molecule has 0 amide bonds. The van der Waals surface area contributed by atoms with E-state index in [2.05, 4.69) is 18.8 Å². The Bertz CT molecular complexity index is 287. The first-order valence-corrected chi connectivity index (χ1v) is 5.85. The van der Waals surface area contributed by atoms with Gasteiger partial charge in [0, 0.05) is 18.6 Å². The van der Waals surface area contributed by atoms with Crippen molar-refractivity contribution in [3.8, 4) is 0 Å². The smallest absolute Gasteiger partial charge is 0.141 e. The molecule has 0 aromatic heterocycles. The maximum absolute atomic E-state index is 12.0. The summed E-state index contributed by atoms with van der Waals surface area (Å²) in [5, 5.41) is 0. The number of ether oxygens (including phenoxy) is 1. The molecule has 15 heavy (non-hydrogen) atoms. The van der Waals surface area contributed by atoms with Crippen LogP contribution in [-0.4, -0.2) is 30.2 Å². The highest BCUT2D eigenvalue weighted by molar-refractivity contribution is 5.86. The minimum atomic E-state index is 0.0104. The van der Waals surface area contributed by atoms with Gasteiger partial charge in [0.1, 0.15) is 5.78 Å². The van der Waals surface area contributed by atoms with E-state index in [0.29, 0.717) is 12.2 Å². The first kappa shape index (κ1) is 10.8. The van der Waals surface area contributed by atoms with Gasteiger partial charge in [0.05, 0.1) is 24.2 Å². The number of carbonyl (C=O) groups excluding carboxylic acids is 1. The third kappa shape index (κ3) is 1.85. The summed E-state index contributed by atoms with van der Waals surface area (Å²) >= 11 is 0. The fraction of sp³-hybridized carbons (Fsp3) is 0.833. The summed E-state index contributed by atoms with van der Waals surface area (Å²) in [6.45, 7) is 6.16. The van der Waals surface area contributed by atoms with E-state index in [4.69, 9.17) is 4.74 Å². The van der Waals surface area contributed by atoms with E-state index in [-0.39, 0.29) is 30.1 Å². The van der Waals surface area contributed by atoms with Crippen LogP contribution in [0.5, 0.6) is 0 Å². The third-order valence-electron chi connectivity index (χ3n) is 3.56. The predicted octanol–water partition coefficient (Wildman–Crippen LogP) is 1.85. The summed E-state index contributed by atoms with van der Waals surface area (Å²) < 4.78 is 5.96. The minimum absolute atomic E-state index is 0.0104. The Hall–Kier alpha value is -0.700. The number of nitrogens with zero attached hydrogens (tertiary/aromatic N) is 1. The van der Waals surface area contributed by atoms with Crippen LogP contribution in [0.4, 0.5) is 0 Å². The molecule has 2 aliphatic heterocycles. The summed E-state index contributed by atoms with van der Waals surface area (Å²) in [6, 6.07) is 0.129. The van der Waals surface area contributed by atoms with Crippen LogP contribution in [0.1, 0.15) is 33.6 Å². The Kier molecular flexibility index (Phi) is 2.91. The van der Waals surface area contributed by atoms with Gasteiger partial charge < -0.3 is 4.74 Å². The molecule has 2 aliphatic rings. The molecule has 0 aromatic rings. The highest BCUT2D eigenvalue weighted by Crippen LogP contribution is 2.33. The van der Waals surface area contributed by atoms with Crippen molar-refractivity contribution in [2.24, 2.45) is 16.8 Å². The number of Topliss-reactive ketones (excluding diaryl/α,β-unsaturated/α-hetero) is 1. The van der Waals surface area contributed by atoms with Crippen LogP contribution in [0, 0.1) is 11.8 Å². The third-order valence-corrected chi connectivity index (χ3v) is 3.56. The number of hydrogen-bond donors (Lipinski definition) is 0. The standard InChI is InChI=1S/C12H19NO2/c1-4-9-5-10(14)11-7(2)6-13-8(3)12(11)15-9/h6-9,11-12H,4-5H2,1-3H3. The number of aliphatic imine (C=N–C) groups is 1. The van der Waals surface area contributed by atoms with Crippen molar-refractivity contribution < 1.29 is 9.53 Å². The van der Waals surface area contributed by atoms with Crippen molar-refractivity contribution in [2.75, 3.05) is 0 Å². The molecular formula is C12H19NO2. The quantitative estimate of drug-likeness (QED) is 0.661. The van der Waals surface area contributed by atoms with Gasteiger partial charge in [-0.2, -0.15) is 0 Å². The SMILES string of the molecule is CCC1CC(=O)C2C(C)C=NC(C)C2O1. The van der Waals surface area contributed by atoms with Crippen LogP contribution in [0.15, 0.2) is 4.99 Å². The molecule has 0 N–H and O–H groups in total. The van der Waals surface area contributed by atoms with Crippen molar-refractivity contribution in [2.45, 2.75) is 51.9 Å². The average molecular weight is 209 g/mol. The minimum Gasteiger partial charge on any atom is -0.372 e. The van der Waals surface area contributed by atoms with Crippen molar-refractivity contribution in [3.05, 3.63) is 0 Å². The Morgan fingerprint density at radius 2 is 2.27 bits per heavy atom. The highest BCUT2D eigenvalue weighted by atomic mass is 16.5. The molecule has 0 bridgehead atoms. The van der Waals surface area contributed by atoms with Gasteiger partial charge in [0.2, 0.25) is 0 Å². The monoisotopic (exact) mass is 209 g/mol. The lowest BCUT2D eigenvalue weighted by molar-refractivity contribution is -0.151. The van der Waals surface area contributed by atoms with Crippen molar-refractivity contribution >= 4 is 12.0 Å². The molecule has 3 heteroatoms. The van der Waals surface area contributed by atoms with Crippen LogP contribution < -0.4 is 0 Å². The summed E-state index contributed by atoms with van der Waals surface area (Å²) in [6.07, 6.45) is 3.54. The topological polar surface area (TPSA) is 38.7 Å². The van der Waals surface area contributed by atoms with Crippen LogP contribution in [0.2, 0.25) is 0 Å². The first-order valence-electron chi connectivity index (χ1n) is 5.85. The van der Waals surface area contributed by atoms with Gasteiger partial charge in [-0.1, -0.05) is 13.8 Å². The lowest BCUT2D eigenvalue weighted by Gasteiger charge is -2.41. The van der Waals surface area contributed by atoms with E-state index in [1.54, 1.807) is 0 Å². The Labute approximate surface area is 90.9 Å². The van der Waals surface area contributed by atoms with Gasteiger partial charge in [-0.3, -0.25) is 9.79 Å². The van der Waals surface area contributed by atoms with Crippen LogP contribution in [-0.2, 0) is 9.53 Å². The largest absolute Gasteiger partial charge is 0.372 e. The van der Waals surface area contributed by atoms with Crippen molar-refractivity contribution in [1.29, 1.82) is 0 Å². The van der Waals surface area contributed by atoms with Gasteiger partial charge in [0.15, 0.2) is 0 Å². The van der Waals surface area contributed by atoms with Gasteiger partial charge in [0.25, 0.3) is 0 Å². The summed E-state index contributed by atoms with van der Waals surface area (Å²) in [5.74, 6) is 0.639. The Morgan fingerprint density at radius 3 is 2.93 bits per heavy atom. The molecule has 0 spiro atoms. The van der Waals surface area contributed by atoms with E-state index in [9.17, 15) is 4.79 Å². The molecule has 5 unspecified atom stereocenters. The van der Waals surface area contributed by atoms with E-state index < -0.39 is 0 Å². The fourth-order valence-corrected chi connectivity index (χ4v) is 2.59. The molecule has 84 valence electrons. The molecule has 0 aromatic carbocycles. The second kappa shape index (κ2) is 4.05. The second-order valence-corrected chi connectivity index (χ2v) is 4.73. The molecular weight excluding hydrogens is 190 g/mol. The number of fused-ring (bicyclic) bond motifs is 1. The zero-order valence-electron chi connectivity index (χ0n) is 9.64. The molecule has 1 saturated heterocycles. The predicted molar refractivity (Wildman–Crippen MR) is 59.2 cm³/mol.